The molecule has 0 amide bonds. The molecule has 13 heavy (non-hydrogen) atoms. The van der Waals surface area contributed by atoms with Crippen LogP contribution in [0.15, 0.2) is 18.5 Å². The van der Waals surface area contributed by atoms with E-state index in [4.69, 9.17) is 5.26 Å². The molecule has 0 unspecified atom stereocenters. The monoisotopic (exact) mass is 174 g/mol. The SMILES string of the molecule is CNCC=Cc1cnc(C#N)nc1. The van der Waals surface area contributed by atoms with Gasteiger partial charge in [0, 0.05) is 24.5 Å². The highest BCUT2D eigenvalue weighted by molar-refractivity contribution is 5.46. The van der Waals surface area contributed by atoms with Crippen molar-refractivity contribution < 1.29 is 0 Å². The van der Waals surface area contributed by atoms with Crippen molar-refractivity contribution in [1.82, 2.24) is 15.3 Å². The third-order valence-electron chi connectivity index (χ3n) is 1.40. The molecule has 0 atom stereocenters. The van der Waals surface area contributed by atoms with E-state index in [1.54, 1.807) is 12.4 Å². The second kappa shape index (κ2) is 5.01. The molecule has 4 nitrogen and oxygen atoms in total. The van der Waals surface area contributed by atoms with Gasteiger partial charge in [0.2, 0.25) is 5.82 Å². The summed E-state index contributed by atoms with van der Waals surface area (Å²) in [6.07, 6.45) is 7.11. The Morgan fingerprint density at radius 2 is 2.23 bits per heavy atom. The molecule has 0 aromatic carbocycles. The van der Waals surface area contributed by atoms with Crippen LogP contribution in [0.1, 0.15) is 11.4 Å². The molecule has 1 heterocycles. The van der Waals surface area contributed by atoms with E-state index in [0.29, 0.717) is 0 Å². The van der Waals surface area contributed by atoms with Crippen LogP contribution in [-0.4, -0.2) is 23.6 Å². The van der Waals surface area contributed by atoms with Crippen LogP contribution in [0.4, 0.5) is 0 Å². The van der Waals surface area contributed by atoms with E-state index < -0.39 is 0 Å². The highest BCUT2D eigenvalue weighted by Crippen LogP contribution is 1.97. The van der Waals surface area contributed by atoms with Crippen LogP contribution < -0.4 is 5.32 Å². The van der Waals surface area contributed by atoms with E-state index in [1.807, 2.05) is 25.3 Å². The van der Waals surface area contributed by atoms with Gasteiger partial charge in [0.25, 0.3) is 0 Å². The Kier molecular flexibility index (Phi) is 3.61. The summed E-state index contributed by atoms with van der Waals surface area (Å²) < 4.78 is 0. The van der Waals surface area contributed by atoms with Gasteiger partial charge in [-0.1, -0.05) is 12.2 Å². The molecule has 66 valence electrons. The number of hydrogen-bond acceptors (Lipinski definition) is 4. The van der Waals surface area contributed by atoms with Crippen molar-refractivity contribution in [2.24, 2.45) is 0 Å². The number of rotatable bonds is 3. The Morgan fingerprint density at radius 3 is 2.77 bits per heavy atom. The molecule has 1 aromatic heterocycles. The van der Waals surface area contributed by atoms with Crippen molar-refractivity contribution >= 4 is 6.08 Å². The molecule has 1 N–H and O–H groups in total. The molecule has 0 aliphatic carbocycles. The largest absolute Gasteiger partial charge is 0.316 e. The van der Waals surface area contributed by atoms with E-state index in [1.165, 1.54) is 0 Å². The standard InChI is InChI=1S/C9H10N4/c1-11-4-2-3-8-6-12-9(5-10)13-7-8/h2-3,6-7,11H,4H2,1H3. The molecule has 0 radical (unpaired) electrons. The van der Waals surface area contributed by atoms with Crippen LogP contribution in [0.25, 0.3) is 6.08 Å². The zero-order valence-electron chi connectivity index (χ0n) is 7.36. The first-order chi connectivity index (χ1) is 6.36. The van der Waals surface area contributed by atoms with Gasteiger partial charge in [-0.2, -0.15) is 5.26 Å². The maximum atomic E-state index is 8.44. The predicted octanol–water partition coefficient (Wildman–Crippen LogP) is 0.581. The van der Waals surface area contributed by atoms with Gasteiger partial charge >= 0.3 is 0 Å². The Morgan fingerprint density at radius 1 is 1.54 bits per heavy atom. The highest BCUT2D eigenvalue weighted by Gasteiger charge is 1.91. The molecule has 1 rings (SSSR count). The third kappa shape index (κ3) is 3.01. The van der Waals surface area contributed by atoms with Gasteiger partial charge < -0.3 is 5.32 Å². The van der Waals surface area contributed by atoms with E-state index >= 15 is 0 Å². The molecule has 0 spiro atoms. The van der Waals surface area contributed by atoms with Crippen molar-refractivity contribution in [3.63, 3.8) is 0 Å². The van der Waals surface area contributed by atoms with Gasteiger partial charge in [-0.3, -0.25) is 0 Å². The molecule has 1 aromatic rings. The van der Waals surface area contributed by atoms with Crippen molar-refractivity contribution in [2.45, 2.75) is 0 Å². The number of nitrogens with one attached hydrogen (secondary N) is 1. The van der Waals surface area contributed by atoms with Crippen molar-refractivity contribution in [3.8, 4) is 6.07 Å². The predicted molar refractivity (Wildman–Crippen MR) is 49.7 cm³/mol. The van der Waals surface area contributed by atoms with Gasteiger partial charge in [0.15, 0.2) is 0 Å². The minimum absolute atomic E-state index is 0.200. The molecule has 0 saturated carbocycles. The Bertz CT molecular complexity index is 320. The van der Waals surface area contributed by atoms with Crippen LogP contribution in [-0.2, 0) is 0 Å². The first-order valence-corrected chi connectivity index (χ1v) is 3.90. The topological polar surface area (TPSA) is 61.6 Å². The van der Waals surface area contributed by atoms with Crippen LogP contribution >= 0.6 is 0 Å². The van der Waals surface area contributed by atoms with E-state index in [9.17, 15) is 0 Å². The van der Waals surface area contributed by atoms with E-state index in [-0.39, 0.29) is 5.82 Å². The summed E-state index contributed by atoms with van der Waals surface area (Å²) in [7, 11) is 1.87. The quantitative estimate of drug-likeness (QED) is 0.728. The minimum Gasteiger partial charge on any atom is -0.316 e. The Balaban J connectivity index is 2.65. The molecular weight excluding hydrogens is 164 g/mol. The van der Waals surface area contributed by atoms with Gasteiger partial charge in [-0.25, -0.2) is 9.97 Å². The Hall–Kier alpha value is -1.73. The van der Waals surface area contributed by atoms with Crippen molar-refractivity contribution in [1.29, 1.82) is 5.26 Å². The summed E-state index contributed by atoms with van der Waals surface area (Å²) in [5.41, 5.74) is 0.897. The Labute approximate surface area is 76.9 Å². The number of likely N-dealkylation sites (N-methyl/N-ethyl adjacent to an activating group) is 1. The summed E-state index contributed by atoms with van der Waals surface area (Å²) in [5, 5.41) is 11.4. The van der Waals surface area contributed by atoms with Gasteiger partial charge in [0.05, 0.1) is 0 Å². The lowest BCUT2D eigenvalue weighted by Crippen LogP contribution is -2.03. The molecule has 0 fully saturated rings. The molecule has 4 heteroatoms. The fourth-order valence-corrected chi connectivity index (χ4v) is 0.795. The summed E-state index contributed by atoms with van der Waals surface area (Å²) in [5.74, 6) is 0.200. The maximum Gasteiger partial charge on any atom is 0.232 e. The fraction of sp³-hybridized carbons (Fsp3) is 0.222. The van der Waals surface area contributed by atoms with Gasteiger partial charge in [-0.05, 0) is 7.05 Å². The normalized spacial score (nSPS) is 10.2. The third-order valence-corrected chi connectivity index (χ3v) is 1.40. The summed E-state index contributed by atoms with van der Waals surface area (Å²) >= 11 is 0. The second-order valence-electron chi connectivity index (χ2n) is 2.41. The van der Waals surface area contributed by atoms with Crippen LogP contribution in [0.2, 0.25) is 0 Å². The van der Waals surface area contributed by atoms with Crippen LogP contribution in [0.5, 0.6) is 0 Å². The average molecular weight is 174 g/mol. The minimum atomic E-state index is 0.200. The summed E-state index contributed by atoms with van der Waals surface area (Å²) in [6.45, 7) is 0.806. The van der Waals surface area contributed by atoms with Gasteiger partial charge in [-0.15, -0.1) is 0 Å². The molecule has 0 bridgehead atoms. The number of nitriles is 1. The fourth-order valence-electron chi connectivity index (χ4n) is 0.795. The molecule has 0 saturated heterocycles. The van der Waals surface area contributed by atoms with Crippen molar-refractivity contribution in [2.75, 3.05) is 13.6 Å². The molecule has 0 aliphatic rings. The second-order valence-corrected chi connectivity index (χ2v) is 2.41. The number of nitrogens with zero attached hydrogens (tertiary/aromatic N) is 3. The zero-order valence-corrected chi connectivity index (χ0v) is 7.36. The lowest BCUT2D eigenvalue weighted by Gasteiger charge is -1.91. The van der Waals surface area contributed by atoms with Crippen LogP contribution in [0, 0.1) is 11.3 Å². The highest BCUT2D eigenvalue weighted by atomic mass is 14.9. The zero-order chi connectivity index (χ0) is 9.52. The average Bonchev–Trinajstić information content (AvgIpc) is 2.19. The summed E-state index contributed by atoms with van der Waals surface area (Å²) in [6, 6.07) is 1.86. The van der Waals surface area contributed by atoms with Crippen molar-refractivity contribution in [3.05, 3.63) is 29.9 Å². The van der Waals surface area contributed by atoms with E-state index in [0.717, 1.165) is 12.1 Å². The molecule has 0 aliphatic heterocycles. The lowest BCUT2D eigenvalue weighted by molar-refractivity contribution is 0.922. The van der Waals surface area contributed by atoms with Gasteiger partial charge in [0.1, 0.15) is 6.07 Å². The lowest BCUT2D eigenvalue weighted by atomic mass is 10.3. The number of hydrogen-bond donors (Lipinski definition) is 1. The first kappa shape index (κ1) is 9.36. The van der Waals surface area contributed by atoms with E-state index in [2.05, 4.69) is 15.3 Å². The molecular formula is C9H10N4. The first-order valence-electron chi connectivity index (χ1n) is 3.90. The maximum absolute atomic E-state index is 8.44. The summed E-state index contributed by atoms with van der Waals surface area (Å²) in [4.78, 5) is 7.66. The van der Waals surface area contributed by atoms with Crippen LogP contribution in [0.3, 0.4) is 0 Å². The number of aromatic nitrogens is 2. The smallest absolute Gasteiger partial charge is 0.232 e.